The predicted octanol–water partition coefficient (Wildman–Crippen LogP) is 2.51. The number of imidazole rings is 1. The highest BCUT2D eigenvalue weighted by Crippen LogP contribution is 2.21. The zero-order valence-electron chi connectivity index (χ0n) is 8.96. The van der Waals surface area contributed by atoms with Crippen LogP contribution in [0.5, 0.6) is 0 Å². The summed E-state index contributed by atoms with van der Waals surface area (Å²) in [6, 6.07) is 6.57. The van der Waals surface area contributed by atoms with Crippen LogP contribution in [0.1, 0.15) is 18.7 Å². The number of nitrogens with zero attached hydrogens (tertiary/aromatic N) is 1. The highest BCUT2D eigenvalue weighted by molar-refractivity contribution is 6.34. The summed E-state index contributed by atoms with van der Waals surface area (Å²) < 4.78 is 0. The van der Waals surface area contributed by atoms with Crippen molar-refractivity contribution >= 4 is 22.6 Å². The number of aromatic amines is 1. The number of nitrogens with one attached hydrogen (secondary N) is 2. The van der Waals surface area contributed by atoms with E-state index in [9.17, 15) is 0 Å². The first-order valence-corrected chi connectivity index (χ1v) is 6.07. The molecule has 0 aliphatic heterocycles. The number of benzene rings is 1. The Morgan fingerprint density at radius 1 is 1.44 bits per heavy atom. The Hall–Kier alpha value is -1.06. The number of halogens is 1. The van der Waals surface area contributed by atoms with E-state index in [1.165, 1.54) is 12.8 Å². The Balaban J connectivity index is 1.73. The normalized spacial score (nSPS) is 15.8. The number of fused-ring (bicyclic) bond motifs is 1. The maximum Gasteiger partial charge on any atom is 0.108 e. The van der Waals surface area contributed by atoms with Gasteiger partial charge in [-0.05, 0) is 25.0 Å². The molecule has 1 aromatic heterocycles. The van der Waals surface area contributed by atoms with E-state index in [-0.39, 0.29) is 0 Å². The van der Waals surface area contributed by atoms with Crippen molar-refractivity contribution in [3.63, 3.8) is 0 Å². The lowest BCUT2D eigenvalue weighted by molar-refractivity contribution is 0.670. The van der Waals surface area contributed by atoms with Gasteiger partial charge in [-0.3, -0.25) is 0 Å². The first-order chi connectivity index (χ1) is 7.83. The maximum absolute atomic E-state index is 6.07. The largest absolute Gasteiger partial charge is 0.342 e. The number of hydrogen-bond donors (Lipinski definition) is 2. The molecule has 0 spiro atoms. The van der Waals surface area contributed by atoms with Crippen molar-refractivity contribution in [3.8, 4) is 0 Å². The first kappa shape index (κ1) is 10.1. The van der Waals surface area contributed by atoms with Gasteiger partial charge in [0.1, 0.15) is 11.3 Å². The van der Waals surface area contributed by atoms with E-state index in [1.54, 1.807) is 0 Å². The van der Waals surface area contributed by atoms with Gasteiger partial charge >= 0.3 is 0 Å². The van der Waals surface area contributed by atoms with Crippen LogP contribution in [0.15, 0.2) is 18.2 Å². The maximum atomic E-state index is 6.07. The molecule has 0 bridgehead atoms. The van der Waals surface area contributed by atoms with Gasteiger partial charge in [0.25, 0.3) is 0 Å². The molecule has 1 aliphatic carbocycles. The topological polar surface area (TPSA) is 40.7 Å². The molecule has 3 rings (SSSR count). The van der Waals surface area contributed by atoms with Crippen LogP contribution in [-0.4, -0.2) is 22.6 Å². The fourth-order valence-corrected chi connectivity index (χ4v) is 2.07. The van der Waals surface area contributed by atoms with Crippen LogP contribution >= 0.6 is 11.6 Å². The Morgan fingerprint density at radius 2 is 2.31 bits per heavy atom. The number of rotatable bonds is 4. The van der Waals surface area contributed by atoms with E-state index in [4.69, 9.17) is 11.6 Å². The zero-order valence-corrected chi connectivity index (χ0v) is 9.72. The highest BCUT2D eigenvalue weighted by Gasteiger charge is 2.19. The van der Waals surface area contributed by atoms with Gasteiger partial charge in [-0.25, -0.2) is 4.98 Å². The summed E-state index contributed by atoms with van der Waals surface area (Å²) in [5.74, 6) is 1.01. The van der Waals surface area contributed by atoms with E-state index < -0.39 is 0 Å². The van der Waals surface area contributed by atoms with E-state index >= 15 is 0 Å². The lowest BCUT2D eigenvalue weighted by Gasteiger charge is -1.98. The third-order valence-electron chi connectivity index (χ3n) is 2.88. The first-order valence-electron chi connectivity index (χ1n) is 5.69. The molecule has 0 unspecified atom stereocenters. The van der Waals surface area contributed by atoms with Crippen LogP contribution in [0, 0.1) is 0 Å². The van der Waals surface area contributed by atoms with Gasteiger partial charge in [-0.15, -0.1) is 0 Å². The lowest BCUT2D eigenvalue weighted by atomic mass is 10.3. The van der Waals surface area contributed by atoms with E-state index in [2.05, 4.69) is 15.3 Å². The van der Waals surface area contributed by atoms with Crippen LogP contribution in [-0.2, 0) is 6.42 Å². The molecule has 3 nitrogen and oxygen atoms in total. The fraction of sp³-hybridized carbons (Fsp3) is 0.417. The predicted molar refractivity (Wildman–Crippen MR) is 65.8 cm³/mol. The second kappa shape index (κ2) is 4.07. The summed E-state index contributed by atoms with van der Waals surface area (Å²) >= 11 is 6.07. The molecule has 1 aromatic carbocycles. The average Bonchev–Trinajstić information content (AvgIpc) is 2.98. The van der Waals surface area contributed by atoms with Crippen LogP contribution in [0.3, 0.4) is 0 Å². The molecule has 2 N–H and O–H groups in total. The van der Waals surface area contributed by atoms with Crippen LogP contribution in [0.4, 0.5) is 0 Å². The van der Waals surface area contributed by atoms with Gasteiger partial charge in [0.2, 0.25) is 0 Å². The molecule has 84 valence electrons. The molecule has 1 aliphatic rings. The molecule has 16 heavy (non-hydrogen) atoms. The fourth-order valence-electron chi connectivity index (χ4n) is 1.85. The van der Waals surface area contributed by atoms with Gasteiger partial charge in [-0.1, -0.05) is 17.7 Å². The van der Waals surface area contributed by atoms with Gasteiger partial charge < -0.3 is 10.3 Å². The van der Waals surface area contributed by atoms with Crippen LogP contribution in [0.25, 0.3) is 11.0 Å². The highest BCUT2D eigenvalue weighted by atomic mass is 35.5. The van der Waals surface area contributed by atoms with Crippen LogP contribution < -0.4 is 5.32 Å². The van der Waals surface area contributed by atoms with Gasteiger partial charge in [-0.2, -0.15) is 0 Å². The number of hydrogen-bond acceptors (Lipinski definition) is 2. The van der Waals surface area contributed by atoms with Crippen molar-refractivity contribution in [2.75, 3.05) is 6.54 Å². The second-order valence-corrected chi connectivity index (χ2v) is 4.71. The Bertz CT molecular complexity index is 502. The minimum absolute atomic E-state index is 0.718. The summed E-state index contributed by atoms with van der Waals surface area (Å²) in [4.78, 5) is 7.80. The van der Waals surface area contributed by atoms with Crippen LogP contribution in [0.2, 0.25) is 5.02 Å². The monoisotopic (exact) mass is 235 g/mol. The molecule has 1 fully saturated rings. The Labute approximate surface area is 99.2 Å². The SMILES string of the molecule is Clc1cccc2[nH]c(CCNC3CC3)nc12. The second-order valence-electron chi connectivity index (χ2n) is 4.30. The number of aromatic nitrogens is 2. The standard InChI is InChI=1S/C12H14ClN3/c13-9-2-1-3-10-12(9)16-11(15-10)6-7-14-8-4-5-8/h1-3,8,14H,4-7H2,(H,15,16). The van der Waals surface area contributed by atoms with Gasteiger partial charge in [0, 0.05) is 19.0 Å². The minimum Gasteiger partial charge on any atom is -0.342 e. The molecule has 4 heteroatoms. The van der Waals surface area contributed by atoms with E-state index in [0.717, 1.165) is 40.9 Å². The quantitative estimate of drug-likeness (QED) is 0.855. The van der Waals surface area contributed by atoms with Crippen molar-refractivity contribution in [1.29, 1.82) is 0 Å². The molecule has 1 saturated carbocycles. The third-order valence-corrected chi connectivity index (χ3v) is 3.19. The molecule has 1 heterocycles. The van der Waals surface area contributed by atoms with Crippen molar-refractivity contribution in [1.82, 2.24) is 15.3 Å². The van der Waals surface area contributed by atoms with Gasteiger partial charge in [0.05, 0.1) is 10.5 Å². The van der Waals surface area contributed by atoms with Crippen molar-refractivity contribution < 1.29 is 0 Å². The molecule has 0 atom stereocenters. The van der Waals surface area contributed by atoms with Crippen molar-refractivity contribution in [2.24, 2.45) is 0 Å². The summed E-state index contributed by atoms with van der Waals surface area (Å²) in [5, 5.41) is 4.19. The summed E-state index contributed by atoms with van der Waals surface area (Å²) in [6.45, 7) is 0.988. The molecule has 2 aromatic rings. The van der Waals surface area contributed by atoms with Crippen molar-refractivity contribution in [3.05, 3.63) is 29.0 Å². The molecular formula is C12H14ClN3. The van der Waals surface area contributed by atoms with E-state index in [0.29, 0.717) is 0 Å². The molecule has 0 saturated heterocycles. The Kier molecular flexibility index (Phi) is 2.58. The molecule has 0 amide bonds. The zero-order chi connectivity index (χ0) is 11.0. The number of para-hydroxylation sites is 1. The number of H-pyrrole nitrogens is 1. The Morgan fingerprint density at radius 3 is 3.06 bits per heavy atom. The third kappa shape index (κ3) is 2.06. The van der Waals surface area contributed by atoms with E-state index in [1.807, 2.05) is 18.2 Å². The lowest BCUT2D eigenvalue weighted by Crippen LogP contribution is -2.19. The summed E-state index contributed by atoms with van der Waals surface area (Å²) in [7, 11) is 0. The van der Waals surface area contributed by atoms with Crippen molar-refractivity contribution in [2.45, 2.75) is 25.3 Å². The average molecular weight is 236 g/mol. The smallest absolute Gasteiger partial charge is 0.108 e. The molecule has 0 radical (unpaired) electrons. The minimum atomic E-state index is 0.718. The summed E-state index contributed by atoms with van der Waals surface area (Å²) in [6.07, 6.45) is 3.58. The van der Waals surface area contributed by atoms with Gasteiger partial charge in [0.15, 0.2) is 0 Å². The molecular weight excluding hydrogens is 222 g/mol. The summed E-state index contributed by atoms with van der Waals surface area (Å²) in [5.41, 5.74) is 1.90.